The molecule has 1 aromatic heterocycles. The van der Waals surface area contributed by atoms with Crippen LogP contribution in [-0.2, 0) is 10.3 Å². The highest BCUT2D eigenvalue weighted by molar-refractivity contribution is 7.99. The third-order valence-electron chi connectivity index (χ3n) is 7.07. The Bertz CT molecular complexity index is 1270. The number of aromatic nitrogens is 1. The molecule has 6 rings (SSSR count). The van der Waals surface area contributed by atoms with Crippen LogP contribution in [0.25, 0.3) is 0 Å². The first-order valence-electron chi connectivity index (χ1n) is 10.7. The molecule has 2 aromatic carbocycles. The predicted octanol–water partition coefficient (Wildman–Crippen LogP) is 4.69. The molecule has 0 aliphatic carbocycles. The zero-order valence-corrected chi connectivity index (χ0v) is 18.9. The minimum absolute atomic E-state index is 0.0678. The minimum atomic E-state index is -1.30. The number of nitrogens with one attached hydrogen (secondary N) is 1. The lowest BCUT2D eigenvalue weighted by molar-refractivity contribution is -0.127. The Kier molecular flexibility index (Phi) is 4.83. The molecule has 4 heterocycles. The second-order valence-electron chi connectivity index (χ2n) is 8.61. The van der Waals surface area contributed by atoms with Crippen LogP contribution in [0.1, 0.15) is 27.4 Å². The van der Waals surface area contributed by atoms with Crippen LogP contribution in [0, 0.1) is 11.7 Å². The summed E-state index contributed by atoms with van der Waals surface area (Å²) in [5, 5.41) is 3.54. The summed E-state index contributed by atoms with van der Waals surface area (Å²) in [6, 6.07) is 15.2. The number of hydrogen-bond acceptors (Lipinski definition) is 5. The number of rotatable bonds is 3. The summed E-state index contributed by atoms with van der Waals surface area (Å²) in [7, 11) is 0. The number of hydrogen-bond donors (Lipinski definition) is 1. The van der Waals surface area contributed by atoms with Crippen molar-refractivity contribution >= 4 is 40.7 Å². The summed E-state index contributed by atoms with van der Waals surface area (Å²) in [5.41, 5.74) is 1.15. The number of pyridine rings is 1. The number of thioether (sulfide) groups is 1. The molecule has 1 amide bonds. The third kappa shape index (κ3) is 2.92. The van der Waals surface area contributed by atoms with Gasteiger partial charge in [0.1, 0.15) is 11.4 Å². The number of Topliss-reactive ketones (excluding diaryl/α,β-unsaturated/α-hetero) is 1. The molecule has 2 fully saturated rings. The molecule has 0 radical (unpaired) electrons. The molecule has 4 atom stereocenters. The summed E-state index contributed by atoms with van der Waals surface area (Å²) in [4.78, 5) is 34.2. The van der Waals surface area contributed by atoms with Crippen molar-refractivity contribution in [3.05, 3.63) is 94.5 Å². The number of ketones is 1. The van der Waals surface area contributed by atoms with Crippen LogP contribution >= 0.6 is 23.4 Å². The van der Waals surface area contributed by atoms with E-state index in [0.717, 1.165) is 11.3 Å². The van der Waals surface area contributed by atoms with Gasteiger partial charge in [0.25, 0.3) is 0 Å². The average Bonchev–Trinajstić information content (AvgIpc) is 3.48. The maximum absolute atomic E-state index is 14.5. The first-order valence-corrected chi connectivity index (χ1v) is 12.2. The van der Waals surface area contributed by atoms with Gasteiger partial charge in [-0.15, -0.1) is 11.8 Å². The topological polar surface area (TPSA) is 62.3 Å². The van der Waals surface area contributed by atoms with Crippen LogP contribution in [0.3, 0.4) is 0 Å². The standard InChI is InChI=1S/C25H19ClFN3O2S/c26-16-5-3-14(4-6-16)21-20-12-33-13-30(20)25(22(21)23(31)15-2-1-9-28-11-15)18-10-17(27)7-8-19(18)29-24(25)32/h1-11,20-22H,12-13H2,(H,29,32)/t20-,21+,22+,25+/m0/s1. The third-order valence-corrected chi connectivity index (χ3v) is 8.36. The van der Waals surface area contributed by atoms with E-state index in [1.807, 2.05) is 24.3 Å². The monoisotopic (exact) mass is 479 g/mol. The van der Waals surface area contributed by atoms with Gasteiger partial charge in [-0.05, 0) is 48.0 Å². The van der Waals surface area contributed by atoms with E-state index in [4.69, 9.17) is 11.6 Å². The minimum Gasteiger partial charge on any atom is -0.324 e. The number of amides is 1. The molecule has 33 heavy (non-hydrogen) atoms. The summed E-state index contributed by atoms with van der Waals surface area (Å²) in [5.74, 6) is -0.569. The molecule has 8 heteroatoms. The number of carbonyl (C=O) groups is 2. The van der Waals surface area contributed by atoms with Crippen molar-refractivity contribution in [1.29, 1.82) is 0 Å². The van der Waals surface area contributed by atoms with Crippen LogP contribution in [-0.4, -0.2) is 39.2 Å². The normalized spacial score (nSPS) is 28.1. The van der Waals surface area contributed by atoms with Gasteiger partial charge in [-0.1, -0.05) is 23.7 Å². The molecule has 1 N–H and O–H groups in total. The maximum atomic E-state index is 14.5. The number of fused-ring (bicyclic) bond motifs is 4. The highest BCUT2D eigenvalue weighted by Gasteiger charge is 2.69. The van der Waals surface area contributed by atoms with Crippen LogP contribution in [0.15, 0.2) is 67.0 Å². The molecule has 3 aromatic rings. The van der Waals surface area contributed by atoms with Crippen molar-refractivity contribution in [3.63, 3.8) is 0 Å². The molecule has 0 saturated carbocycles. The molecule has 0 unspecified atom stereocenters. The van der Waals surface area contributed by atoms with Gasteiger partial charge < -0.3 is 5.32 Å². The zero-order valence-electron chi connectivity index (χ0n) is 17.4. The van der Waals surface area contributed by atoms with Crippen LogP contribution < -0.4 is 5.32 Å². The average molecular weight is 480 g/mol. The van der Waals surface area contributed by atoms with Gasteiger partial charge in [-0.25, -0.2) is 4.39 Å². The van der Waals surface area contributed by atoms with E-state index in [9.17, 15) is 14.0 Å². The van der Waals surface area contributed by atoms with E-state index in [-0.39, 0.29) is 23.7 Å². The van der Waals surface area contributed by atoms with Gasteiger partial charge in [0.05, 0.1) is 5.92 Å². The Morgan fingerprint density at radius 1 is 1.21 bits per heavy atom. The summed E-state index contributed by atoms with van der Waals surface area (Å²) in [6.07, 6.45) is 3.15. The first kappa shape index (κ1) is 20.8. The zero-order chi connectivity index (χ0) is 22.7. The van der Waals surface area contributed by atoms with Crippen molar-refractivity contribution in [3.8, 4) is 0 Å². The Morgan fingerprint density at radius 3 is 2.79 bits per heavy atom. The lowest BCUT2D eigenvalue weighted by Gasteiger charge is -2.36. The van der Waals surface area contributed by atoms with E-state index >= 15 is 0 Å². The van der Waals surface area contributed by atoms with Gasteiger partial charge in [-0.3, -0.25) is 19.5 Å². The molecule has 1 spiro atoms. The van der Waals surface area contributed by atoms with Crippen LogP contribution in [0.4, 0.5) is 10.1 Å². The molecule has 166 valence electrons. The predicted molar refractivity (Wildman–Crippen MR) is 126 cm³/mol. The van der Waals surface area contributed by atoms with Crippen molar-refractivity contribution in [2.75, 3.05) is 16.9 Å². The summed E-state index contributed by atoms with van der Waals surface area (Å²) >= 11 is 7.88. The van der Waals surface area contributed by atoms with Crippen molar-refractivity contribution in [2.24, 2.45) is 5.92 Å². The number of carbonyl (C=O) groups excluding carboxylic acids is 2. The Labute approximate surface area is 199 Å². The highest BCUT2D eigenvalue weighted by atomic mass is 35.5. The van der Waals surface area contributed by atoms with E-state index in [2.05, 4.69) is 15.2 Å². The van der Waals surface area contributed by atoms with E-state index in [0.29, 0.717) is 27.7 Å². The molecule has 3 aliphatic rings. The largest absolute Gasteiger partial charge is 0.324 e. The fraction of sp³-hybridized carbons (Fsp3) is 0.240. The van der Waals surface area contributed by atoms with Crippen molar-refractivity contribution in [1.82, 2.24) is 9.88 Å². The van der Waals surface area contributed by atoms with Gasteiger partial charge >= 0.3 is 0 Å². The Hall–Kier alpha value is -2.74. The molecule has 0 bridgehead atoms. The number of halogens is 2. The van der Waals surface area contributed by atoms with E-state index < -0.39 is 17.3 Å². The van der Waals surface area contributed by atoms with Crippen molar-refractivity contribution < 1.29 is 14.0 Å². The van der Waals surface area contributed by atoms with Crippen molar-refractivity contribution in [2.45, 2.75) is 17.5 Å². The SMILES string of the molecule is O=C(c1cccnc1)[C@H]1[C@H](c2ccc(Cl)cc2)[C@@H]2CSCN2[C@@]12C(=O)Nc1ccc(F)cc12. The number of anilines is 1. The van der Waals surface area contributed by atoms with Gasteiger partial charge in [0.2, 0.25) is 5.91 Å². The molecular formula is C25H19ClFN3O2S. The van der Waals surface area contributed by atoms with Gasteiger partial charge in [0.15, 0.2) is 5.78 Å². The Morgan fingerprint density at radius 2 is 2.03 bits per heavy atom. The first-order chi connectivity index (χ1) is 16.0. The Balaban J connectivity index is 1.63. The number of nitrogens with zero attached hydrogens (tertiary/aromatic N) is 2. The highest BCUT2D eigenvalue weighted by Crippen LogP contribution is 2.61. The molecule has 2 saturated heterocycles. The smallest absolute Gasteiger partial charge is 0.250 e. The quantitative estimate of drug-likeness (QED) is 0.552. The lowest BCUT2D eigenvalue weighted by Crippen LogP contribution is -2.52. The van der Waals surface area contributed by atoms with Crippen LogP contribution in [0.2, 0.25) is 5.02 Å². The lowest BCUT2D eigenvalue weighted by atomic mass is 9.69. The maximum Gasteiger partial charge on any atom is 0.250 e. The fourth-order valence-electron chi connectivity index (χ4n) is 5.79. The molecule has 3 aliphatic heterocycles. The van der Waals surface area contributed by atoms with E-state index in [1.165, 1.54) is 18.3 Å². The van der Waals surface area contributed by atoms with E-state index in [1.54, 1.807) is 36.2 Å². The van der Waals surface area contributed by atoms with Crippen LogP contribution in [0.5, 0.6) is 0 Å². The second kappa shape index (κ2) is 7.65. The summed E-state index contributed by atoms with van der Waals surface area (Å²) in [6.45, 7) is 0. The second-order valence-corrected chi connectivity index (χ2v) is 10.0. The van der Waals surface area contributed by atoms with Gasteiger partial charge in [-0.2, -0.15) is 0 Å². The molecular weight excluding hydrogens is 461 g/mol. The fourth-order valence-corrected chi connectivity index (χ4v) is 7.25. The summed E-state index contributed by atoms with van der Waals surface area (Å²) < 4.78 is 14.5. The van der Waals surface area contributed by atoms with Gasteiger partial charge in [0, 0.05) is 57.8 Å². The molecule has 5 nitrogen and oxygen atoms in total. The number of benzene rings is 2.